The van der Waals surface area contributed by atoms with Crippen molar-refractivity contribution in [2.24, 2.45) is 0 Å². The molecular formula is C10H10F2O2. The van der Waals surface area contributed by atoms with Crippen LogP contribution in [0.1, 0.15) is 11.1 Å². The predicted molar refractivity (Wildman–Crippen MR) is 49.1 cm³/mol. The van der Waals surface area contributed by atoms with Crippen molar-refractivity contribution in [3.8, 4) is 5.75 Å². The number of rotatable bonds is 4. The molecule has 1 aromatic carbocycles. The van der Waals surface area contributed by atoms with Crippen LogP contribution in [0.25, 0.3) is 6.08 Å². The second-order valence-corrected chi connectivity index (χ2v) is 2.57. The molecule has 4 heteroatoms. The Morgan fingerprint density at radius 3 is 2.71 bits per heavy atom. The van der Waals surface area contributed by atoms with E-state index in [1.54, 1.807) is 6.07 Å². The van der Waals surface area contributed by atoms with E-state index < -0.39 is 6.61 Å². The highest BCUT2D eigenvalue weighted by Gasteiger charge is 2.10. The molecule has 0 aromatic heterocycles. The molecule has 14 heavy (non-hydrogen) atoms. The minimum absolute atomic E-state index is 0.0292. The van der Waals surface area contributed by atoms with Gasteiger partial charge in [-0.05, 0) is 11.6 Å². The van der Waals surface area contributed by atoms with Gasteiger partial charge in [-0.25, -0.2) is 0 Å². The Balaban J connectivity index is 3.08. The minimum atomic E-state index is -2.87. The average molecular weight is 200 g/mol. The van der Waals surface area contributed by atoms with Gasteiger partial charge in [0.2, 0.25) is 0 Å². The molecule has 0 fully saturated rings. The fourth-order valence-electron chi connectivity index (χ4n) is 1.16. The van der Waals surface area contributed by atoms with Crippen LogP contribution in [0.3, 0.4) is 0 Å². The Hall–Kier alpha value is -1.42. The Morgan fingerprint density at radius 1 is 1.50 bits per heavy atom. The van der Waals surface area contributed by atoms with Crippen molar-refractivity contribution in [3.63, 3.8) is 0 Å². The van der Waals surface area contributed by atoms with Crippen LogP contribution in [0.2, 0.25) is 0 Å². The molecule has 1 aromatic rings. The van der Waals surface area contributed by atoms with E-state index in [0.717, 1.165) is 0 Å². The van der Waals surface area contributed by atoms with Crippen LogP contribution < -0.4 is 4.74 Å². The normalized spacial score (nSPS) is 10.3. The topological polar surface area (TPSA) is 29.5 Å². The van der Waals surface area contributed by atoms with Crippen molar-refractivity contribution in [1.29, 1.82) is 0 Å². The van der Waals surface area contributed by atoms with Crippen LogP contribution in [0.4, 0.5) is 8.78 Å². The maximum atomic E-state index is 12.0. The summed E-state index contributed by atoms with van der Waals surface area (Å²) in [5.41, 5.74) is 0.911. The zero-order valence-corrected chi connectivity index (χ0v) is 7.41. The molecule has 0 spiro atoms. The molecule has 76 valence electrons. The predicted octanol–water partition coefficient (Wildman–Crippen LogP) is 2.42. The molecule has 0 atom stereocenters. The van der Waals surface area contributed by atoms with Crippen molar-refractivity contribution < 1.29 is 18.6 Å². The van der Waals surface area contributed by atoms with E-state index >= 15 is 0 Å². The third kappa shape index (κ3) is 2.29. The van der Waals surface area contributed by atoms with Crippen molar-refractivity contribution in [1.82, 2.24) is 0 Å². The number of aliphatic hydroxyl groups excluding tert-OH is 1. The minimum Gasteiger partial charge on any atom is -0.434 e. The van der Waals surface area contributed by atoms with Crippen LogP contribution in [0.5, 0.6) is 5.75 Å². The van der Waals surface area contributed by atoms with Gasteiger partial charge in [0.15, 0.2) is 0 Å². The fourth-order valence-corrected chi connectivity index (χ4v) is 1.16. The summed E-state index contributed by atoms with van der Waals surface area (Å²) >= 11 is 0. The fraction of sp³-hybridized carbons (Fsp3) is 0.200. The maximum Gasteiger partial charge on any atom is 0.387 e. The van der Waals surface area contributed by atoms with Gasteiger partial charge >= 0.3 is 6.61 Å². The van der Waals surface area contributed by atoms with E-state index in [-0.39, 0.29) is 12.4 Å². The summed E-state index contributed by atoms with van der Waals surface area (Å²) in [4.78, 5) is 0. The lowest BCUT2D eigenvalue weighted by molar-refractivity contribution is -0.0500. The lowest BCUT2D eigenvalue weighted by Crippen LogP contribution is -2.04. The first-order chi connectivity index (χ1) is 6.69. The Labute approximate surface area is 80.4 Å². The maximum absolute atomic E-state index is 12.0. The second kappa shape index (κ2) is 4.72. The molecule has 0 radical (unpaired) electrons. The number of hydrogen-bond acceptors (Lipinski definition) is 2. The molecule has 0 amide bonds. The second-order valence-electron chi connectivity index (χ2n) is 2.57. The van der Waals surface area contributed by atoms with Gasteiger partial charge in [-0.3, -0.25) is 0 Å². The molecular weight excluding hydrogens is 190 g/mol. The molecule has 0 bridgehead atoms. The first kappa shape index (κ1) is 10.7. The van der Waals surface area contributed by atoms with Gasteiger partial charge in [0.25, 0.3) is 0 Å². The van der Waals surface area contributed by atoms with E-state index in [0.29, 0.717) is 11.1 Å². The summed E-state index contributed by atoms with van der Waals surface area (Å²) in [7, 11) is 0. The first-order valence-electron chi connectivity index (χ1n) is 3.99. The number of alkyl halides is 2. The van der Waals surface area contributed by atoms with E-state index in [1.165, 1.54) is 18.2 Å². The van der Waals surface area contributed by atoms with Gasteiger partial charge in [0.1, 0.15) is 5.75 Å². The van der Waals surface area contributed by atoms with Gasteiger partial charge in [-0.2, -0.15) is 8.78 Å². The monoisotopic (exact) mass is 200 g/mol. The van der Waals surface area contributed by atoms with Crippen LogP contribution in [0, 0.1) is 0 Å². The third-order valence-electron chi connectivity index (χ3n) is 1.75. The van der Waals surface area contributed by atoms with E-state index in [1.807, 2.05) is 0 Å². The van der Waals surface area contributed by atoms with Gasteiger partial charge in [0, 0.05) is 5.56 Å². The Kier molecular flexibility index (Phi) is 3.59. The molecule has 2 nitrogen and oxygen atoms in total. The standard InChI is InChI=1S/C10H10F2O2/c1-2-8-7(6-13)4-3-5-9(8)14-10(11)12/h2-5,10,13H,1,6H2. The number of ether oxygens (including phenoxy) is 1. The number of benzene rings is 1. The summed E-state index contributed by atoms with van der Waals surface area (Å²) in [5.74, 6) is 0.0292. The molecule has 1 rings (SSSR count). The highest BCUT2D eigenvalue weighted by atomic mass is 19.3. The third-order valence-corrected chi connectivity index (χ3v) is 1.75. The van der Waals surface area contributed by atoms with Crippen molar-refractivity contribution >= 4 is 6.08 Å². The van der Waals surface area contributed by atoms with E-state index in [2.05, 4.69) is 11.3 Å². The van der Waals surface area contributed by atoms with Crippen molar-refractivity contribution in [2.45, 2.75) is 13.2 Å². The summed E-state index contributed by atoms with van der Waals surface area (Å²) in [6, 6.07) is 4.56. The van der Waals surface area contributed by atoms with Gasteiger partial charge in [0.05, 0.1) is 6.61 Å². The van der Waals surface area contributed by atoms with Gasteiger partial charge in [-0.15, -0.1) is 0 Å². The first-order valence-corrected chi connectivity index (χ1v) is 3.99. The average Bonchev–Trinajstić information content (AvgIpc) is 2.16. The number of halogens is 2. The highest BCUT2D eigenvalue weighted by molar-refractivity contribution is 5.59. The molecule has 0 aliphatic heterocycles. The van der Waals surface area contributed by atoms with E-state index in [9.17, 15) is 8.78 Å². The quantitative estimate of drug-likeness (QED) is 0.808. The molecule has 0 saturated carbocycles. The summed E-state index contributed by atoms with van der Waals surface area (Å²) in [6.45, 7) is 0.365. The molecule has 0 aliphatic rings. The van der Waals surface area contributed by atoms with Gasteiger partial charge < -0.3 is 9.84 Å². The Bertz CT molecular complexity index is 324. The van der Waals surface area contributed by atoms with Gasteiger partial charge in [-0.1, -0.05) is 24.8 Å². The van der Waals surface area contributed by atoms with Crippen molar-refractivity contribution in [2.75, 3.05) is 0 Å². The molecule has 0 aliphatic carbocycles. The van der Waals surface area contributed by atoms with Crippen LogP contribution in [-0.4, -0.2) is 11.7 Å². The number of aliphatic hydroxyl groups is 1. The van der Waals surface area contributed by atoms with Crippen LogP contribution in [0.15, 0.2) is 24.8 Å². The molecule has 0 unspecified atom stereocenters. The SMILES string of the molecule is C=Cc1c(CO)cccc1OC(F)F. The molecule has 0 heterocycles. The molecule has 1 N–H and O–H groups in total. The lowest BCUT2D eigenvalue weighted by atomic mass is 10.1. The zero-order valence-electron chi connectivity index (χ0n) is 7.41. The summed E-state index contributed by atoms with van der Waals surface area (Å²) in [5, 5.41) is 8.92. The molecule has 0 saturated heterocycles. The van der Waals surface area contributed by atoms with Crippen LogP contribution in [-0.2, 0) is 6.61 Å². The number of hydrogen-bond donors (Lipinski definition) is 1. The van der Waals surface area contributed by atoms with Crippen molar-refractivity contribution in [3.05, 3.63) is 35.9 Å². The van der Waals surface area contributed by atoms with Crippen LogP contribution >= 0.6 is 0 Å². The summed E-state index contributed by atoms with van der Waals surface area (Å²) < 4.78 is 28.2. The lowest BCUT2D eigenvalue weighted by Gasteiger charge is -2.10. The zero-order chi connectivity index (χ0) is 10.6. The highest BCUT2D eigenvalue weighted by Crippen LogP contribution is 2.25. The summed E-state index contributed by atoms with van der Waals surface area (Å²) in [6.07, 6.45) is 1.38. The Morgan fingerprint density at radius 2 is 2.21 bits per heavy atom. The largest absolute Gasteiger partial charge is 0.434 e. The smallest absolute Gasteiger partial charge is 0.387 e. The van der Waals surface area contributed by atoms with E-state index in [4.69, 9.17) is 5.11 Å².